The Kier molecular flexibility index (Phi) is 5.87. The van der Waals surface area contributed by atoms with E-state index in [0.29, 0.717) is 22.2 Å². The second-order valence-corrected chi connectivity index (χ2v) is 6.38. The van der Waals surface area contributed by atoms with Gasteiger partial charge in [-0.1, -0.05) is 0 Å². The molecule has 0 aliphatic carbocycles. The van der Waals surface area contributed by atoms with Gasteiger partial charge in [0.25, 0.3) is 0 Å². The Morgan fingerprint density at radius 2 is 1.89 bits per heavy atom. The topological polar surface area (TPSA) is 77.9 Å². The first kappa shape index (κ1) is 18.7. The quantitative estimate of drug-likeness (QED) is 0.617. The van der Waals surface area contributed by atoms with E-state index in [1.807, 2.05) is 0 Å². The maximum atomic E-state index is 12.9. The molecular weight excluding hydrogens is 373 g/mol. The highest BCUT2D eigenvalue weighted by Crippen LogP contribution is 2.24. The van der Waals surface area contributed by atoms with E-state index in [0.717, 1.165) is 0 Å². The van der Waals surface area contributed by atoms with Gasteiger partial charge in [0.1, 0.15) is 46.9 Å². The Morgan fingerprint density at radius 3 is 2.63 bits per heavy atom. The third kappa shape index (κ3) is 4.95. The molecule has 0 spiro atoms. The lowest BCUT2D eigenvalue weighted by Crippen LogP contribution is -2.06. The van der Waals surface area contributed by atoms with Crippen molar-refractivity contribution >= 4 is 17.3 Å². The minimum atomic E-state index is -0.677. The van der Waals surface area contributed by atoms with E-state index in [1.54, 1.807) is 11.4 Å². The van der Waals surface area contributed by atoms with Gasteiger partial charge < -0.3 is 19.3 Å². The summed E-state index contributed by atoms with van der Waals surface area (Å²) in [5.74, 6) is -0.222. The summed E-state index contributed by atoms with van der Waals surface area (Å²) >= 11 is 1.36. The zero-order valence-electron chi connectivity index (χ0n) is 14.3. The lowest BCUT2D eigenvalue weighted by molar-refractivity contribution is 0.0464. The minimum Gasteiger partial charge on any atom is -0.507 e. The van der Waals surface area contributed by atoms with Crippen molar-refractivity contribution in [2.75, 3.05) is 7.11 Å². The maximum Gasteiger partial charge on any atom is 0.342 e. The van der Waals surface area contributed by atoms with Crippen LogP contribution in [0.4, 0.5) is 4.39 Å². The Bertz CT molecular complexity index is 926. The number of carbonyl (C=O) groups is 1. The third-order valence-corrected chi connectivity index (χ3v) is 4.42. The number of carbonyl (C=O) groups excluding carboxylic acids is 1. The van der Waals surface area contributed by atoms with E-state index < -0.39 is 5.97 Å². The smallest absolute Gasteiger partial charge is 0.342 e. The molecule has 1 heterocycles. The number of rotatable bonds is 7. The van der Waals surface area contributed by atoms with E-state index in [1.165, 1.54) is 54.8 Å². The van der Waals surface area contributed by atoms with Crippen molar-refractivity contribution in [3.8, 4) is 17.2 Å². The summed E-state index contributed by atoms with van der Waals surface area (Å²) in [5, 5.41) is 12.2. The number of hydrogen-bond donors (Lipinski definition) is 1. The molecular formula is C19H16FNO5S. The van der Waals surface area contributed by atoms with Crippen molar-refractivity contribution in [2.45, 2.75) is 13.2 Å². The molecule has 0 atom stereocenters. The van der Waals surface area contributed by atoms with E-state index in [9.17, 15) is 14.3 Å². The van der Waals surface area contributed by atoms with Crippen molar-refractivity contribution in [1.29, 1.82) is 0 Å². The predicted molar refractivity (Wildman–Crippen MR) is 96.6 cm³/mol. The van der Waals surface area contributed by atoms with E-state index >= 15 is 0 Å². The van der Waals surface area contributed by atoms with Crippen LogP contribution in [0, 0.1) is 5.82 Å². The minimum absolute atomic E-state index is 0.0180. The Balaban J connectivity index is 1.54. The summed E-state index contributed by atoms with van der Waals surface area (Å²) < 4.78 is 28.6. The van der Waals surface area contributed by atoms with Crippen LogP contribution in [0.25, 0.3) is 0 Å². The van der Waals surface area contributed by atoms with Gasteiger partial charge in [-0.25, -0.2) is 14.2 Å². The lowest BCUT2D eigenvalue weighted by atomic mass is 10.2. The summed E-state index contributed by atoms with van der Waals surface area (Å²) in [4.78, 5) is 16.5. The fraction of sp³-hybridized carbons (Fsp3) is 0.158. The molecule has 0 saturated carbocycles. The van der Waals surface area contributed by atoms with Crippen LogP contribution in [-0.2, 0) is 18.0 Å². The monoisotopic (exact) mass is 389 g/mol. The van der Waals surface area contributed by atoms with Crippen LogP contribution in [0.3, 0.4) is 0 Å². The second-order valence-electron chi connectivity index (χ2n) is 5.43. The van der Waals surface area contributed by atoms with Gasteiger partial charge in [0.15, 0.2) is 0 Å². The molecule has 140 valence electrons. The van der Waals surface area contributed by atoms with Crippen LogP contribution in [-0.4, -0.2) is 23.2 Å². The Morgan fingerprint density at radius 1 is 1.15 bits per heavy atom. The van der Waals surface area contributed by atoms with Gasteiger partial charge in [-0.15, -0.1) is 11.3 Å². The molecule has 0 bridgehead atoms. The predicted octanol–water partition coefficient (Wildman–Crippen LogP) is 3.93. The molecule has 6 nitrogen and oxygen atoms in total. The molecule has 2 aromatic carbocycles. The number of nitrogens with zero attached hydrogens (tertiary/aromatic N) is 1. The fourth-order valence-corrected chi connectivity index (χ4v) is 2.87. The number of aromatic hydroxyl groups is 1. The number of thiazole rings is 1. The number of aromatic nitrogens is 1. The van der Waals surface area contributed by atoms with Crippen LogP contribution in [0.2, 0.25) is 0 Å². The van der Waals surface area contributed by atoms with Crippen molar-refractivity contribution in [3.05, 3.63) is 69.9 Å². The normalized spacial score (nSPS) is 10.4. The first-order chi connectivity index (χ1) is 13.0. The summed E-state index contributed by atoms with van der Waals surface area (Å²) in [5.41, 5.74) is 0.581. The standard InChI is InChI=1S/C19H16FNO5S/c1-24-15-6-7-17(22)16(8-15)19(23)26-9-13-11-27-18(21-13)10-25-14-4-2-12(20)3-5-14/h2-8,11,22H,9-10H2,1H3. The first-order valence-electron chi connectivity index (χ1n) is 7.91. The van der Waals surface area contributed by atoms with Gasteiger partial charge in [-0.05, 0) is 42.5 Å². The molecule has 0 unspecified atom stereocenters. The molecule has 3 aromatic rings. The van der Waals surface area contributed by atoms with Crippen LogP contribution < -0.4 is 9.47 Å². The van der Waals surface area contributed by atoms with Crippen LogP contribution in [0.5, 0.6) is 17.2 Å². The number of halogens is 1. The zero-order chi connectivity index (χ0) is 19.2. The van der Waals surface area contributed by atoms with E-state index in [4.69, 9.17) is 14.2 Å². The van der Waals surface area contributed by atoms with Crippen molar-refractivity contribution < 1.29 is 28.5 Å². The van der Waals surface area contributed by atoms with Gasteiger partial charge in [-0.3, -0.25) is 0 Å². The highest BCUT2D eigenvalue weighted by Gasteiger charge is 2.15. The Labute approximate surface area is 158 Å². The van der Waals surface area contributed by atoms with E-state index in [2.05, 4.69) is 4.98 Å². The van der Waals surface area contributed by atoms with Gasteiger partial charge in [-0.2, -0.15) is 0 Å². The van der Waals surface area contributed by atoms with Crippen molar-refractivity contribution in [2.24, 2.45) is 0 Å². The number of hydrogen-bond acceptors (Lipinski definition) is 7. The highest BCUT2D eigenvalue weighted by atomic mass is 32.1. The maximum absolute atomic E-state index is 12.9. The van der Waals surface area contributed by atoms with Crippen LogP contribution >= 0.6 is 11.3 Å². The van der Waals surface area contributed by atoms with Gasteiger partial charge in [0.2, 0.25) is 0 Å². The highest BCUT2D eigenvalue weighted by molar-refractivity contribution is 7.09. The second kappa shape index (κ2) is 8.50. The van der Waals surface area contributed by atoms with Gasteiger partial charge in [0, 0.05) is 5.38 Å². The van der Waals surface area contributed by atoms with Gasteiger partial charge >= 0.3 is 5.97 Å². The number of phenolic OH excluding ortho intramolecular Hbond substituents is 1. The molecule has 0 radical (unpaired) electrons. The summed E-state index contributed by atoms with van der Waals surface area (Å²) in [6.07, 6.45) is 0. The van der Waals surface area contributed by atoms with Gasteiger partial charge in [0.05, 0.1) is 12.8 Å². The lowest BCUT2D eigenvalue weighted by Gasteiger charge is -2.07. The average molecular weight is 389 g/mol. The van der Waals surface area contributed by atoms with Crippen LogP contribution in [0.15, 0.2) is 47.8 Å². The summed E-state index contributed by atoms with van der Waals surface area (Å²) in [7, 11) is 1.46. The SMILES string of the molecule is COc1ccc(O)c(C(=O)OCc2csc(COc3ccc(F)cc3)n2)c1. The molecule has 0 amide bonds. The summed E-state index contributed by atoms with van der Waals surface area (Å²) in [6, 6.07) is 10.0. The number of phenols is 1. The largest absolute Gasteiger partial charge is 0.507 e. The molecule has 3 rings (SSSR count). The molecule has 27 heavy (non-hydrogen) atoms. The molecule has 1 aromatic heterocycles. The fourth-order valence-electron chi connectivity index (χ4n) is 2.18. The number of ether oxygens (including phenoxy) is 3. The number of benzene rings is 2. The molecule has 8 heteroatoms. The zero-order valence-corrected chi connectivity index (χ0v) is 15.2. The first-order valence-corrected chi connectivity index (χ1v) is 8.79. The van der Waals surface area contributed by atoms with E-state index in [-0.39, 0.29) is 30.3 Å². The number of methoxy groups -OCH3 is 1. The molecule has 0 aliphatic heterocycles. The average Bonchev–Trinajstić information content (AvgIpc) is 3.14. The van der Waals surface area contributed by atoms with Crippen molar-refractivity contribution in [3.63, 3.8) is 0 Å². The molecule has 0 aliphatic rings. The van der Waals surface area contributed by atoms with Crippen molar-refractivity contribution in [1.82, 2.24) is 4.98 Å². The molecule has 0 fully saturated rings. The Hall–Kier alpha value is -3.13. The molecule has 1 N–H and O–H groups in total. The molecule has 0 saturated heterocycles. The third-order valence-electron chi connectivity index (χ3n) is 3.55. The number of esters is 1. The van der Waals surface area contributed by atoms with Crippen LogP contribution in [0.1, 0.15) is 21.1 Å². The summed E-state index contributed by atoms with van der Waals surface area (Å²) in [6.45, 7) is 0.184.